The van der Waals surface area contributed by atoms with E-state index in [1.807, 2.05) is 0 Å². The van der Waals surface area contributed by atoms with Crippen LogP contribution < -0.4 is 9.47 Å². The topological polar surface area (TPSA) is 156 Å². The molecule has 0 atom stereocenters. The number of hydrogen-bond acceptors (Lipinski definition) is 11. The van der Waals surface area contributed by atoms with Gasteiger partial charge in [0.1, 0.15) is 11.5 Å². The molecular weight excluding hydrogens is 560 g/mol. The van der Waals surface area contributed by atoms with Crippen molar-refractivity contribution in [3.05, 3.63) is 129 Å². The maximum Gasteiger partial charge on any atom is 0.346 e. The Bertz CT molecular complexity index is 1900. The van der Waals surface area contributed by atoms with Crippen molar-refractivity contribution < 1.29 is 52.5 Å². The van der Waals surface area contributed by atoms with Gasteiger partial charge in [-0.15, -0.1) is 0 Å². The number of carbonyl (C=O) groups excluding carboxylic acids is 7. The van der Waals surface area contributed by atoms with Crippen molar-refractivity contribution in [3.63, 3.8) is 0 Å². The van der Waals surface area contributed by atoms with Crippen molar-refractivity contribution in [1.82, 2.24) is 0 Å². The second kappa shape index (κ2) is 10.6. The van der Waals surface area contributed by atoms with Gasteiger partial charge in [0.2, 0.25) is 0 Å². The molecule has 0 N–H and O–H groups in total. The highest BCUT2D eigenvalue weighted by Crippen LogP contribution is 2.24. The molecule has 11 heteroatoms. The number of Topliss-reactive ketones (excluding diaryl/α,β-unsaturated/α-hetero) is 1. The Hall–Kier alpha value is -6.23. The molecule has 4 aromatic carbocycles. The van der Waals surface area contributed by atoms with Gasteiger partial charge in [-0.05, 0) is 78.4 Å². The molecule has 4 aromatic rings. The highest BCUT2D eigenvalue weighted by atomic mass is 16.6. The normalized spacial score (nSPS) is 13.1. The Labute approximate surface area is 241 Å². The van der Waals surface area contributed by atoms with Crippen LogP contribution in [0.1, 0.15) is 78.1 Å². The Morgan fingerprint density at radius 3 is 1.35 bits per heavy atom. The third-order valence-electron chi connectivity index (χ3n) is 6.65. The van der Waals surface area contributed by atoms with Gasteiger partial charge in [-0.3, -0.25) is 4.79 Å². The van der Waals surface area contributed by atoms with Crippen molar-refractivity contribution in [2.24, 2.45) is 0 Å². The van der Waals surface area contributed by atoms with Crippen molar-refractivity contribution in [2.45, 2.75) is 6.42 Å². The van der Waals surface area contributed by atoms with Crippen molar-refractivity contribution in [2.75, 3.05) is 0 Å². The molecule has 2 aliphatic rings. The van der Waals surface area contributed by atoms with Crippen LogP contribution in [0.3, 0.4) is 0 Å². The number of hydrogen-bond donors (Lipinski definition) is 0. The first-order chi connectivity index (χ1) is 20.7. The van der Waals surface area contributed by atoms with Crippen LogP contribution in [-0.2, 0) is 15.9 Å². The number of carbonyl (C=O) groups is 7. The molecule has 0 bridgehead atoms. The number of cyclic esters (lactones) is 4. The molecule has 0 unspecified atom stereocenters. The Morgan fingerprint density at radius 2 is 0.884 bits per heavy atom. The molecule has 0 saturated carbocycles. The quantitative estimate of drug-likeness (QED) is 0.135. The van der Waals surface area contributed by atoms with Crippen LogP contribution in [0.5, 0.6) is 11.5 Å². The lowest BCUT2D eigenvalue weighted by Gasteiger charge is -2.08. The van der Waals surface area contributed by atoms with E-state index >= 15 is 0 Å². The summed E-state index contributed by atoms with van der Waals surface area (Å²) in [6.45, 7) is 0. The number of ether oxygens (including phenoxy) is 4. The van der Waals surface area contributed by atoms with Gasteiger partial charge in [0.25, 0.3) is 0 Å². The van der Waals surface area contributed by atoms with E-state index in [4.69, 9.17) is 9.47 Å². The fraction of sp³-hybridized carbons (Fsp3) is 0.0312. The van der Waals surface area contributed by atoms with Gasteiger partial charge < -0.3 is 18.9 Å². The molecule has 0 fully saturated rings. The van der Waals surface area contributed by atoms with E-state index in [-0.39, 0.29) is 57.1 Å². The minimum Gasteiger partial charge on any atom is -0.423 e. The van der Waals surface area contributed by atoms with Crippen LogP contribution in [0.2, 0.25) is 0 Å². The van der Waals surface area contributed by atoms with E-state index in [1.165, 1.54) is 72.8 Å². The van der Waals surface area contributed by atoms with Crippen LogP contribution in [0.4, 0.5) is 0 Å². The largest absolute Gasteiger partial charge is 0.423 e. The predicted molar refractivity (Wildman–Crippen MR) is 143 cm³/mol. The SMILES string of the molecule is O=C(Cc1ccc(OC(=O)c2ccc3c(c2)C(=O)OC3=O)cc1)c1ccc(OC(=O)c2ccc3c(c2)C(=O)OC3=O)cc1. The Balaban J connectivity index is 1.05. The monoisotopic (exact) mass is 576 g/mol. The van der Waals surface area contributed by atoms with E-state index in [0.717, 1.165) is 0 Å². The predicted octanol–water partition coefficient (Wildman–Crippen LogP) is 4.17. The standard InChI is InChI=1S/C32H16O11/c33-26(17-3-9-21(10-4-17)41-28(35)19-6-12-23-25(15-19)32(39)43-30(23)37)13-16-1-7-20(8-2-16)40-27(34)18-5-11-22-24(14-18)31(38)42-29(22)36/h1-12,14-15H,13H2. The first-order valence-electron chi connectivity index (χ1n) is 12.6. The molecule has 0 aliphatic carbocycles. The summed E-state index contributed by atoms with van der Waals surface area (Å²) in [5, 5.41) is 0. The lowest BCUT2D eigenvalue weighted by Crippen LogP contribution is -2.10. The van der Waals surface area contributed by atoms with Crippen molar-refractivity contribution >= 4 is 41.6 Å². The Morgan fingerprint density at radius 1 is 0.488 bits per heavy atom. The van der Waals surface area contributed by atoms with Gasteiger partial charge >= 0.3 is 35.8 Å². The van der Waals surface area contributed by atoms with Crippen LogP contribution in [0.25, 0.3) is 0 Å². The summed E-state index contributed by atoms with van der Waals surface area (Å²) in [7, 11) is 0. The lowest BCUT2D eigenvalue weighted by molar-refractivity contribution is 0.0425. The third-order valence-corrected chi connectivity index (χ3v) is 6.65. The zero-order valence-electron chi connectivity index (χ0n) is 21.8. The summed E-state index contributed by atoms with van der Waals surface area (Å²) in [6.07, 6.45) is 0.0399. The van der Waals surface area contributed by atoms with E-state index in [2.05, 4.69) is 9.47 Å². The summed E-state index contributed by atoms with van der Waals surface area (Å²) in [5.41, 5.74) is 1.25. The number of benzene rings is 4. The van der Waals surface area contributed by atoms with Gasteiger partial charge in [0.15, 0.2) is 5.78 Å². The maximum atomic E-state index is 12.8. The summed E-state index contributed by atoms with van der Waals surface area (Å²) in [4.78, 5) is 84.4. The van der Waals surface area contributed by atoms with E-state index in [0.29, 0.717) is 11.1 Å². The summed E-state index contributed by atoms with van der Waals surface area (Å²) in [6, 6.07) is 20.0. The average molecular weight is 576 g/mol. The summed E-state index contributed by atoms with van der Waals surface area (Å²) in [5.74, 6) is -4.56. The molecule has 0 spiro atoms. The average Bonchev–Trinajstić information content (AvgIpc) is 3.46. The minimum atomic E-state index is -0.836. The maximum absolute atomic E-state index is 12.8. The first kappa shape index (κ1) is 27.0. The number of ketones is 1. The van der Waals surface area contributed by atoms with Gasteiger partial charge in [0.05, 0.1) is 33.4 Å². The second-order valence-corrected chi connectivity index (χ2v) is 9.42. The van der Waals surface area contributed by atoms with E-state index in [1.54, 1.807) is 12.1 Å². The molecule has 11 nitrogen and oxygen atoms in total. The number of rotatable bonds is 7. The van der Waals surface area contributed by atoms with E-state index < -0.39 is 35.8 Å². The highest BCUT2D eigenvalue weighted by molar-refractivity contribution is 6.16. The summed E-state index contributed by atoms with van der Waals surface area (Å²) >= 11 is 0. The van der Waals surface area contributed by atoms with Crippen molar-refractivity contribution in [3.8, 4) is 11.5 Å². The Kier molecular flexibility index (Phi) is 6.67. The minimum absolute atomic E-state index is 0.00876. The molecule has 0 amide bonds. The van der Waals surface area contributed by atoms with Crippen molar-refractivity contribution in [1.29, 1.82) is 0 Å². The lowest BCUT2D eigenvalue weighted by atomic mass is 10.0. The molecule has 6 rings (SSSR count). The van der Waals surface area contributed by atoms with Gasteiger partial charge in [-0.2, -0.15) is 0 Å². The molecule has 43 heavy (non-hydrogen) atoms. The summed E-state index contributed by atoms with van der Waals surface area (Å²) < 4.78 is 19.7. The third kappa shape index (κ3) is 5.30. The number of fused-ring (bicyclic) bond motifs is 2. The van der Waals surface area contributed by atoms with Gasteiger partial charge in [-0.25, -0.2) is 28.8 Å². The smallest absolute Gasteiger partial charge is 0.346 e. The second-order valence-electron chi connectivity index (χ2n) is 9.42. The highest BCUT2D eigenvalue weighted by Gasteiger charge is 2.31. The molecule has 0 radical (unpaired) electrons. The molecule has 0 saturated heterocycles. The van der Waals surface area contributed by atoms with Gasteiger partial charge in [0, 0.05) is 12.0 Å². The number of esters is 6. The molecule has 2 heterocycles. The molecule has 2 aliphatic heterocycles. The van der Waals surface area contributed by atoms with Crippen LogP contribution in [0, 0.1) is 0 Å². The molecule has 210 valence electrons. The van der Waals surface area contributed by atoms with Crippen LogP contribution in [0.15, 0.2) is 84.9 Å². The van der Waals surface area contributed by atoms with E-state index in [9.17, 15) is 33.6 Å². The fourth-order valence-corrected chi connectivity index (χ4v) is 4.43. The zero-order valence-corrected chi connectivity index (χ0v) is 21.8. The van der Waals surface area contributed by atoms with Crippen LogP contribution in [-0.4, -0.2) is 41.6 Å². The zero-order chi connectivity index (χ0) is 30.2. The first-order valence-corrected chi connectivity index (χ1v) is 12.6. The molecule has 0 aromatic heterocycles. The van der Waals surface area contributed by atoms with Gasteiger partial charge in [-0.1, -0.05) is 12.1 Å². The molecular formula is C32H16O11. The van der Waals surface area contributed by atoms with Crippen LogP contribution >= 0.6 is 0 Å². The fourth-order valence-electron chi connectivity index (χ4n) is 4.43.